The zero-order chi connectivity index (χ0) is 13.4. The normalized spacial score (nSPS) is 10.7. The maximum Gasteiger partial charge on any atom is 0.199 e. The van der Waals surface area contributed by atoms with Crippen molar-refractivity contribution in [1.82, 2.24) is 4.98 Å². The quantitative estimate of drug-likeness (QED) is 0.622. The third kappa shape index (κ3) is 1.83. The molecule has 3 rings (SSSR count). The van der Waals surface area contributed by atoms with Gasteiger partial charge >= 0.3 is 0 Å². The Morgan fingerprint density at radius 3 is 2.53 bits per heavy atom. The maximum atomic E-state index is 12.5. The number of anilines is 1. The Morgan fingerprint density at radius 2 is 1.79 bits per heavy atom. The zero-order valence-corrected chi connectivity index (χ0v) is 10.1. The van der Waals surface area contributed by atoms with E-state index in [4.69, 9.17) is 5.73 Å². The summed E-state index contributed by atoms with van der Waals surface area (Å²) in [5.74, 6) is 0.385. The first-order chi connectivity index (χ1) is 9.16. The average Bonchev–Trinajstić information content (AvgIpc) is 2.41. The molecule has 0 fully saturated rings. The van der Waals surface area contributed by atoms with Gasteiger partial charge in [-0.1, -0.05) is 30.3 Å². The van der Waals surface area contributed by atoms with Gasteiger partial charge in [0.05, 0.1) is 11.1 Å². The molecule has 4 N–H and O–H groups in total. The van der Waals surface area contributed by atoms with Gasteiger partial charge in [-0.05, 0) is 23.8 Å². The molecular formula is C15H12N2O2. The second kappa shape index (κ2) is 4.17. The minimum absolute atomic E-state index is 0.0572. The van der Waals surface area contributed by atoms with E-state index in [-0.39, 0.29) is 11.2 Å². The number of phenolic OH excluding ortho intramolecular Hbond substituents is 1. The van der Waals surface area contributed by atoms with Crippen LogP contribution < -0.4 is 11.2 Å². The van der Waals surface area contributed by atoms with E-state index in [2.05, 4.69) is 4.98 Å². The molecule has 0 radical (unpaired) electrons. The molecule has 94 valence electrons. The fraction of sp³-hybridized carbons (Fsp3) is 0. The number of aromatic hydroxyl groups is 1. The van der Waals surface area contributed by atoms with E-state index in [1.165, 1.54) is 12.1 Å². The van der Waals surface area contributed by atoms with Crippen molar-refractivity contribution in [2.75, 3.05) is 5.73 Å². The fourth-order valence-electron chi connectivity index (χ4n) is 2.19. The molecule has 0 saturated heterocycles. The number of H-pyrrole nitrogens is 1. The van der Waals surface area contributed by atoms with Crippen molar-refractivity contribution >= 4 is 16.7 Å². The molecule has 2 aromatic carbocycles. The molecule has 3 aromatic rings. The van der Waals surface area contributed by atoms with Gasteiger partial charge in [0.2, 0.25) is 0 Å². The highest BCUT2D eigenvalue weighted by molar-refractivity contribution is 5.89. The number of aromatic nitrogens is 1. The standard InChI is InChI=1S/C15H12N2O2/c16-15-13(9-4-2-1-3-5-9)14(19)11-8-10(18)6-7-12(11)17-15/h1-8,18H,(H3,16,17,19). The number of nitrogen functional groups attached to an aromatic ring is 1. The van der Waals surface area contributed by atoms with Crippen LogP contribution in [0.15, 0.2) is 53.3 Å². The molecule has 0 aliphatic carbocycles. The highest BCUT2D eigenvalue weighted by Gasteiger charge is 2.12. The van der Waals surface area contributed by atoms with E-state index in [1.807, 2.05) is 30.3 Å². The summed E-state index contributed by atoms with van der Waals surface area (Å²) < 4.78 is 0. The van der Waals surface area contributed by atoms with Gasteiger partial charge < -0.3 is 15.8 Å². The van der Waals surface area contributed by atoms with Gasteiger partial charge in [-0.3, -0.25) is 4.79 Å². The average molecular weight is 252 g/mol. The van der Waals surface area contributed by atoms with Gasteiger partial charge in [-0.25, -0.2) is 0 Å². The predicted molar refractivity (Wildman–Crippen MR) is 76.1 cm³/mol. The minimum Gasteiger partial charge on any atom is -0.508 e. The van der Waals surface area contributed by atoms with E-state index in [1.54, 1.807) is 6.07 Å². The molecule has 19 heavy (non-hydrogen) atoms. The lowest BCUT2D eigenvalue weighted by molar-refractivity contribution is 0.476. The summed E-state index contributed by atoms with van der Waals surface area (Å²) in [4.78, 5) is 15.5. The summed E-state index contributed by atoms with van der Waals surface area (Å²) >= 11 is 0. The van der Waals surface area contributed by atoms with Crippen LogP contribution in [0.3, 0.4) is 0 Å². The third-order valence-electron chi connectivity index (χ3n) is 3.08. The maximum absolute atomic E-state index is 12.5. The smallest absolute Gasteiger partial charge is 0.199 e. The number of nitrogens with two attached hydrogens (primary N) is 1. The number of phenols is 1. The van der Waals surface area contributed by atoms with Crippen LogP contribution in [0.25, 0.3) is 22.0 Å². The molecule has 0 aliphatic rings. The van der Waals surface area contributed by atoms with Crippen LogP contribution in [-0.4, -0.2) is 10.1 Å². The Kier molecular flexibility index (Phi) is 2.49. The second-order valence-electron chi connectivity index (χ2n) is 4.34. The number of nitrogens with one attached hydrogen (secondary N) is 1. The zero-order valence-electron chi connectivity index (χ0n) is 10.1. The summed E-state index contributed by atoms with van der Waals surface area (Å²) in [5, 5.41) is 9.93. The minimum atomic E-state index is -0.187. The molecular weight excluding hydrogens is 240 g/mol. The summed E-state index contributed by atoms with van der Waals surface area (Å²) in [6.45, 7) is 0. The van der Waals surface area contributed by atoms with Crippen molar-refractivity contribution in [2.24, 2.45) is 0 Å². The van der Waals surface area contributed by atoms with Crippen LogP contribution in [-0.2, 0) is 0 Å². The van der Waals surface area contributed by atoms with Crippen molar-refractivity contribution in [3.63, 3.8) is 0 Å². The number of hydrogen-bond acceptors (Lipinski definition) is 3. The van der Waals surface area contributed by atoms with E-state index in [0.29, 0.717) is 22.3 Å². The van der Waals surface area contributed by atoms with Gasteiger partial charge in [0.1, 0.15) is 11.6 Å². The molecule has 1 heterocycles. The van der Waals surface area contributed by atoms with E-state index >= 15 is 0 Å². The fourth-order valence-corrected chi connectivity index (χ4v) is 2.19. The van der Waals surface area contributed by atoms with Crippen LogP contribution in [0.4, 0.5) is 5.82 Å². The van der Waals surface area contributed by atoms with Gasteiger partial charge in [-0.2, -0.15) is 0 Å². The molecule has 0 amide bonds. The molecule has 0 unspecified atom stereocenters. The van der Waals surface area contributed by atoms with Crippen LogP contribution in [0.2, 0.25) is 0 Å². The molecule has 0 atom stereocenters. The van der Waals surface area contributed by atoms with Gasteiger partial charge in [0.25, 0.3) is 0 Å². The Bertz CT molecular complexity index is 807. The highest BCUT2D eigenvalue weighted by Crippen LogP contribution is 2.24. The monoisotopic (exact) mass is 252 g/mol. The molecule has 4 nitrogen and oxygen atoms in total. The topological polar surface area (TPSA) is 79.1 Å². The van der Waals surface area contributed by atoms with E-state index in [0.717, 1.165) is 5.56 Å². The van der Waals surface area contributed by atoms with E-state index in [9.17, 15) is 9.90 Å². The Hall–Kier alpha value is -2.75. The number of aromatic amines is 1. The van der Waals surface area contributed by atoms with Gasteiger partial charge in [0, 0.05) is 5.39 Å². The SMILES string of the molecule is Nc1[nH]c2ccc(O)cc2c(=O)c1-c1ccccc1. The third-order valence-corrected chi connectivity index (χ3v) is 3.08. The van der Waals surface area contributed by atoms with Gasteiger partial charge in [-0.15, -0.1) is 0 Å². The lowest BCUT2D eigenvalue weighted by Gasteiger charge is -2.08. The van der Waals surface area contributed by atoms with Crippen molar-refractivity contribution in [3.8, 4) is 16.9 Å². The molecule has 0 aliphatic heterocycles. The largest absolute Gasteiger partial charge is 0.508 e. The van der Waals surface area contributed by atoms with Crippen molar-refractivity contribution < 1.29 is 5.11 Å². The van der Waals surface area contributed by atoms with Crippen LogP contribution in [0, 0.1) is 0 Å². The number of pyridine rings is 1. The Labute approximate surface area is 109 Å². The second-order valence-corrected chi connectivity index (χ2v) is 4.34. The number of fused-ring (bicyclic) bond motifs is 1. The summed E-state index contributed by atoms with van der Waals surface area (Å²) in [6, 6.07) is 13.8. The number of benzene rings is 2. The Morgan fingerprint density at radius 1 is 1.05 bits per heavy atom. The molecule has 0 bridgehead atoms. The van der Waals surface area contributed by atoms with Crippen molar-refractivity contribution in [2.45, 2.75) is 0 Å². The molecule has 1 aromatic heterocycles. The highest BCUT2D eigenvalue weighted by atomic mass is 16.3. The van der Waals surface area contributed by atoms with Crippen LogP contribution >= 0.6 is 0 Å². The molecule has 4 heteroatoms. The first-order valence-electron chi connectivity index (χ1n) is 5.87. The van der Waals surface area contributed by atoms with Crippen molar-refractivity contribution in [3.05, 3.63) is 58.8 Å². The lowest BCUT2D eigenvalue weighted by Crippen LogP contribution is -2.10. The Balaban J connectivity index is 2.41. The first-order valence-corrected chi connectivity index (χ1v) is 5.87. The lowest BCUT2D eigenvalue weighted by atomic mass is 10.0. The van der Waals surface area contributed by atoms with E-state index < -0.39 is 0 Å². The summed E-state index contributed by atoms with van der Waals surface area (Å²) in [5.41, 5.74) is 7.55. The number of hydrogen-bond donors (Lipinski definition) is 3. The predicted octanol–water partition coefficient (Wildman–Crippen LogP) is 2.48. The summed E-state index contributed by atoms with van der Waals surface area (Å²) in [7, 11) is 0. The van der Waals surface area contributed by atoms with Crippen LogP contribution in [0.1, 0.15) is 0 Å². The molecule has 0 spiro atoms. The van der Waals surface area contributed by atoms with Crippen LogP contribution in [0.5, 0.6) is 5.75 Å². The summed E-state index contributed by atoms with van der Waals surface area (Å²) in [6.07, 6.45) is 0. The number of rotatable bonds is 1. The molecule has 0 saturated carbocycles. The first kappa shape index (κ1) is 11.3. The van der Waals surface area contributed by atoms with Gasteiger partial charge in [0.15, 0.2) is 5.43 Å². The van der Waals surface area contributed by atoms with Crippen molar-refractivity contribution in [1.29, 1.82) is 0 Å².